The molecule has 0 bridgehead atoms. The third-order valence-electron chi connectivity index (χ3n) is 9.55. The van der Waals surface area contributed by atoms with Gasteiger partial charge in [0.05, 0.1) is 37.5 Å². The number of primary amides is 1. The van der Waals surface area contributed by atoms with Gasteiger partial charge < -0.3 is 59.1 Å². The molecule has 0 aromatic carbocycles. The summed E-state index contributed by atoms with van der Waals surface area (Å²) >= 11 is 1.83. The Morgan fingerprint density at radius 2 is 1.46 bits per heavy atom. The molecule has 0 saturated carbocycles. The molecule has 2 heterocycles. The summed E-state index contributed by atoms with van der Waals surface area (Å²) in [6.07, 6.45) is 3.59. The predicted molar refractivity (Wildman–Crippen MR) is 211 cm³/mol. The highest BCUT2D eigenvalue weighted by molar-refractivity contribution is 8.00. The first kappa shape index (κ1) is 49.9. The molecule has 2 rings (SSSR count). The molecule has 0 spiro atoms. The number of carbonyl (C=O) groups excluding carboxylic acids is 9. The fourth-order valence-electron chi connectivity index (χ4n) is 6.32. The van der Waals surface area contributed by atoms with Crippen molar-refractivity contribution in [3.63, 3.8) is 0 Å². The number of carboxylic acids is 1. The molecule has 23 nitrogen and oxygen atoms in total. The molecule has 0 aromatic rings. The minimum absolute atomic E-state index is 0.0919. The van der Waals surface area contributed by atoms with Crippen molar-refractivity contribution in [2.24, 2.45) is 17.4 Å². The molecular weight excluding hydrogens is 799 g/mol. The van der Waals surface area contributed by atoms with E-state index in [4.69, 9.17) is 21.8 Å². The number of nitrogens with one attached hydrogen (secondary N) is 9. The SMILES string of the molecule is C[C@H](NC(=O)C(CC(=O)O)CC(=O)NO)C(=O)N[C@@H](CCCCN)C(=O)NCC(=O)NCC(=O)N[C@@H](CCCCNC(=O)CCCC[C@@H]1SC[C@@H]2NC(=O)N[C@@H]21)C(N)=O. The minimum atomic E-state index is -1.41. The molecule has 1 unspecified atom stereocenters. The van der Waals surface area contributed by atoms with E-state index in [1.165, 1.54) is 12.4 Å². The van der Waals surface area contributed by atoms with E-state index < -0.39 is 97.3 Å². The second-order valence-corrected chi connectivity index (χ2v) is 15.6. The largest absolute Gasteiger partial charge is 0.481 e. The first-order valence-electron chi connectivity index (χ1n) is 19.6. The van der Waals surface area contributed by atoms with E-state index in [0.29, 0.717) is 50.4 Å². The van der Waals surface area contributed by atoms with Gasteiger partial charge >= 0.3 is 12.0 Å². The van der Waals surface area contributed by atoms with Gasteiger partial charge in [-0.2, -0.15) is 11.8 Å². The molecule has 24 heteroatoms. The van der Waals surface area contributed by atoms with Gasteiger partial charge in [-0.1, -0.05) is 6.42 Å². The van der Waals surface area contributed by atoms with Crippen molar-refractivity contribution in [1.29, 1.82) is 0 Å². The molecular formula is C35H59N11O12S. The van der Waals surface area contributed by atoms with Crippen LogP contribution in [0.5, 0.6) is 0 Å². The smallest absolute Gasteiger partial charge is 0.315 e. The van der Waals surface area contributed by atoms with Crippen molar-refractivity contribution in [3.8, 4) is 0 Å². The zero-order valence-corrected chi connectivity index (χ0v) is 33.9. The minimum Gasteiger partial charge on any atom is -0.481 e. The Hall–Kier alpha value is -5.23. The molecule has 2 aliphatic heterocycles. The number of urea groups is 1. The number of carbonyl (C=O) groups is 10. The number of fused-ring (bicyclic) bond motifs is 1. The lowest BCUT2D eigenvalue weighted by molar-refractivity contribution is -0.143. The van der Waals surface area contributed by atoms with E-state index in [0.717, 1.165) is 25.0 Å². The van der Waals surface area contributed by atoms with Gasteiger partial charge in [0.25, 0.3) is 0 Å². The van der Waals surface area contributed by atoms with Gasteiger partial charge in [-0.25, -0.2) is 10.3 Å². The van der Waals surface area contributed by atoms with Crippen molar-refractivity contribution in [1.82, 2.24) is 48.0 Å². The third kappa shape index (κ3) is 19.4. The van der Waals surface area contributed by atoms with Crippen LogP contribution >= 0.6 is 11.8 Å². The maximum Gasteiger partial charge on any atom is 0.315 e. The average molecular weight is 858 g/mol. The summed E-state index contributed by atoms with van der Waals surface area (Å²) in [6, 6.07) is -3.33. The molecule has 332 valence electrons. The highest BCUT2D eigenvalue weighted by Gasteiger charge is 2.42. The molecule has 59 heavy (non-hydrogen) atoms. The predicted octanol–water partition coefficient (Wildman–Crippen LogP) is -3.69. The molecule has 2 saturated heterocycles. The van der Waals surface area contributed by atoms with Crippen LogP contribution in [0.1, 0.15) is 84.0 Å². The number of carboxylic acid groups (broad SMARTS) is 1. The zero-order chi connectivity index (χ0) is 43.9. The van der Waals surface area contributed by atoms with Crippen LogP contribution in [0.15, 0.2) is 0 Å². The summed E-state index contributed by atoms with van der Waals surface area (Å²) < 4.78 is 0. The summed E-state index contributed by atoms with van der Waals surface area (Å²) in [6.45, 7) is 0.798. The maximum atomic E-state index is 13.0. The average Bonchev–Trinajstić information content (AvgIpc) is 3.74. The summed E-state index contributed by atoms with van der Waals surface area (Å²) in [5, 5.41) is 38.7. The van der Waals surface area contributed by atoms with Crippen LogP contribution < -0.4 is 59.5 Å². The van der Waals surface area contributed by atoms with Crippen LogP contribution in [0.4, 0.5) is 4.79 Å². The van der Waals surface area contributed by atoms with Gasteiger partial charge in [0.2, 0.25) is 47.3 Å². The van der Waals surface area contributed by atoms with E-state index in [1.807, 2.05) is 11.8 Å². The van der Waals surface area contributed by atoms with Gasteiger partial charge in [0.15, 0.2) is 0 Å². The van der Waals surface area contributed by atoms with Gasteiger partial charge in [0, 0.05) is 30.4 Å². The first-order valence-corrected chi connectivity index (χ1v) is 20.6. The highest BCUT2D eigenvalue weighted by Crippen LogP contribution is 2.33. The van der Waals surface area contributed by atoms with Crippen LogP contribution in [0, 0.1) is 5.92 Å². The van der Waals surface area contributed by atoms with Gasteiger partial charge in [-0.15, -0.1) is 0 Å². The van der Waals surface area contributed by atoms with Gasteiger partial charge in [-0.3, -0.25) is 48.4 Å². The lowest BCUT2D eigenvalue weighted by Crippen LogP contribution is -2.54. The van der Waals surface area contributed by atoms with Crippen LogP contribution in [0.25, 0.3) is 0 Å². The van der Waals surface area contributed by atoms with Crippen LogP contribution in [0.2, 0.25) is 0 Å². The number of rotatable bonds is 29. The lowest BCUT2D eigenvalue weighted by atomic mass is 9.99. The normalized spacial score (nSPS) is 18.6. The first-order chi connectivity index (χ1) is 28.0. The summed E-state index contributed by atoms with van der Waals surface area (Å²) in [5.41, 5.74) is 12.3. The number of thioether (sulfide) groups is 1. The van der Waals surface area contributed by atoms with E-state index in [-0.39, 0.29) is 36.9 Å². The van der Waals surface area contributed by atoms with E-state index in [9.17, 15) is 47.9 Å². The Morgan fingerprint density at radius 1 is 0.763 bits per heavy atom. The molecule has 2 fully saturated rings. The molecule has 0 radical (unpaired) electrons. The van der Waals surface area contributed by atoms with E-state index >= 15 is 0 Å². The fraction of sp³-hybridized carbons (Fsp3) is 0.714. The van der Waals surface area contributed by atoms with E-state index in [1.54, 1.807) is 0 Å². The van der Waals surface area contributed by atoms with Gasteiger partial charge in [-0.05, 0) is 64.8 Å². The standard InChI is InChI=1S/C35H59N11O12S/c1-19(41-33(55)20(15-29(51)52)14-26(48)46-58)32(54)43-22(9-4-6-12-36)34(56)40-16-27(49)39-17-28(50)42-21(31(37)53)8-5-7-13-38-25(47)11-3-2-10-24-30-23(18-59-24)44-35(57)45-30/h19-24,30,58H,2-18,36H2,1H3,(H2,37,53)(H,38,47)(H,39,49)(H,40,56)(H,41,55)(H,42,50)(H,43,54)(H,46,48)(H,51,52)(H2,44,45,57)/t19-,20?,21-,22-,23-,24-,30-/m0/s1. The lowest BCUT2D eigenvalue weighted by Gasteiger charge is -2.22. The summed E-state index contributed by atoms with van der Waals surface area (Å²) in [4.78, 5) is 122. The Balaban J connectivity index is 1.70. The van der Waals surface area contributed by atoms with Crippen molar-refractivity contribution in [2.45, 2.75) is 119 Å². The van der Waals surface area contributed by atoms with Crippen LogP contribution in [-0.4, -0.2) is 137 Å². The summed E-state index contributed by atoms with van der Waals surface area (Å²) in [5.74, 6) is -7.86. The van der Waals surface area contributed by atoms with Gasteiger partial charge in [0.1, 0.15) is 18.1 Å². The molecule has 7 atom stereocenters. The molecule has 15 N–H and O–H groups in total. The molecule has 0 aromatic heterocycles. The molecule has 0 aliphatic carbocycles. The van der Waals surface area contributed by atoms with E-state index in [2.05, 4.69) is 42.5 Å². The number of amides is 10. The van der Waals surface area contributed by atoms with Crippen LogP contribution in [0.3, 0.4) is 0 Å². The van der Waals surface area contributed by atoms with Crippen molar-refractivity contribution in [3.05, 3.63) is 0 Å². The highest BCUT2D eigenvalue weighted by atomic mass is 32.2. The zero-order valence-electron chi connectivity index (χ0n) is 33.1. The monoisotopic (exact) mass is 857 g/mol. The number of hydrogen-bond donors (Lipinski definition) is 13. The Kier molecular flexibility index (Phi) is 22.6. The fourth-order valence-corrected chi connectivity index (χ4v) is 7.86. The molecule has 2 aliphatic rings. The number of aliphatic carboxylic acids is 1. The maximum absolute atomic E-state index is 13.0. The molecule has 10 amide bonds. The van der Waals surface area contributed by atoms with Crippen molar-refractivity contribution >= 4 is 71.0 Å². The number of unbranched alkanes of at least 4 members (excludes halogenated alkanes) is 3. The quantitative estimate of drug-likeness (QED) is 0.0149. The number of hydrogen-bond acceptors (Lipinski definition) is 13. The number of nitrogens with two attached hydrogens (primary N) is 2. The van der Waals surface area contributed by atoms with Crippen molar-refractivity contribution < 1.29 is 58.3 Å². The summed E-state index contributed by atoms with van der Waals surface area (Å²) in [7, 11) is 0. The second-order valence-electron chi connectivity index (χ2n) is 14.3. The Morgan fingerprint density at radius 3 is 2.14 bits per heavy atom. The Bertz CT molecular complexity index is 1510. The topological polar surface area (TPSA) is 371 Å². The third-order valence-corrected chi connectivity index (χ3v) is 11.1. The number of hydroxylamine groups is 1. The second kappa shape index (κ2) is 26.7. The van der Waals surface area contributed by atoms with Crippen LogP contribution in [-0.2, 0) is 43.2 Å². The van der Waals surface area contributed by atoms with Crippen molar-refractivity contribution in [2.75, 3.05) is 31.9 Å². The Labute approximate surface area is 345 Å².